The third kappa shape index (κ3) is 4.33. The number of carbonyl (C=O) groups is 1. The Hall–Kier alpha value is -3.21. The zero-order valence-electron chi connectivity index (χ0n) is 21.3. The second-order valence-corrected chi connectivity index (χ2v) is 11.1. The summed E-state index contributed by atoms with van der Waals surface area (Å²) in [5.74, 6) is 1.86. The van der Waals surface area contributed by atoms with Crippen molar-refractivity contribution in [1.82, 2.24) is 9.97 Å². The summed E-state index contributed by atoms with van der Waals surface area (Å²) in [6, 6.07) is 18.7. The third-order valence-corrected chi connectivity index (χ3v) is 8.49. The molecule has 3 aromatic rings. The Morgan fingerprint density at radius 1 is 1.06 bits per heavy atom. The summed E-state index contributed by atoms with van der Waals surface area (Å²) in [5, 5.41) is 6.35. The van der Waals surface area contributed by atoms with Crippen LogP contribution in [0.2, 0.25) is 0 Å². The highest BCUT2D eigenvalue weighted by atomic mass is 16.2. The molecule has 0 spiro atoms. The highest BCUT2D eigenvalue weighted by Gasteiger charge is 2.55. The maximum absolute atomic E-state index is 13.8. The zero-order valence-corrected chi connectivity index (χ0v) is 21.3. The molecule has 1 aromatic heterocycles. The SMILES string of the molecule is CC(C)c1ccc2c(c1)CC[C@H]1[C@](C)(C(=O)Nc3nccc(Nc4ccccc4)n3)CCC[C@]21C. The highest BCUT2D eigenvalue weighted by Crippen LogP contribution is 2.57. The fourth-order valence-electron chi connectivity index (χ4n) is 6.54. The maximum atomic E-state index is 13.8. The van der Waals surface area contributed by atoms with Gasteiger partial charge < -0.3 is 5.32 Å². The highest BCUT2D eigenvalue weighted by molar-refractivity contribution is 5.94. The van der Waals surface area contributed by atoms with E-state index in [1.54, 1.807) is 6.20 Å². The van der Waals surface area contributed by atoms with Crippen molar-refractivity contribution >= 4 is 23.4 Å². The molecular formula is C30H36N4O. The first-order valence-corrected chi connectivity index (χ1v) is 12.9. The van der Waals surface area contributed by atoms with Gasteiger partial charge in [-0.05, 0) is 77.8 Å². The topological polar surface area (TPSA) is 66.9 Å². The molecule has 0 unspecified atom stereocenters. The smallest absolute Gasteiger partial charge is 0.232 e. The Morgan fingerprint density at radius 3 is 2.63 bits per heavy atom. The number of rotatable bonds is 5. The quantitative estimate of drug-likeness (QED) is 0.423. The summed E-state index contributed by atoms with van der Waals surface area (Å²) in [6.45, 7) is 9.05. The number of carbonyl (C=O) groups excluding carboxylic acids is 1. The number of aromatic nitrogens is 2. The van der Waals surface area contributed by atoms with E-state index in [0.29, 0.717) is 17.7 Å². The Balaban J connectivity index is 1.38. The molecule has 2 aliphatic carbocycles. The molecule has 1 saturated carbocycles. The number of amides is 1. The van der Waals surface area contributed by atoms with Gasteiger partial charge in [-0.3, -0.25) is 10.1 Å². The van der Waals surface area contributed by atoms with Crippen LogP contribution < -0.4 is 10.6 Å². The van der Waals surface area contributed by atoms with Gasteiger partial charge in [0.1, 0.15) is 5.82 Å². The van der Waals surface area contributed by atoms with Gasteiger partial charge in [0.15, 0.2) is 0 Å². The molecule has 5 nitrogen and oxygen atoms in total. The summed E-state index contributed by atoms with van der Waals surface area (Å²) in [7, 11) is 0. The minimum Gasteiger partial charge on any atom is -0.340 e. The number of nitrogens with one attached hydrogen (secondary N) is 2. The van der Waals surface area contributed by atoms with Crippen LogP contribution in [0.1, 0.15) is 76.0 Å². The molecule has 2 aliphatic rings. The first-order chi connectivity index (χ1) is 16.8. The molecule has 35 heavy (non-hydrogen) atoms. The van der Waals surface area contributed by atoms with Gasteiger partial charge >= 0.3 is 0 Å². The van der Waals surface area contributed by atoms with Crippen LogP contribution in [0.15, 0.2) is 60.8 Å². The molecule has 0 radical (unpaired) electrons. The van der Waals surface area contributed by atoms with E-state index in [-0.39, 0.29) is 17.2 Å². The minimum atomic E-state index is -0.465. The molecule has 1 amide bonds. The molecule has 0 bridgehead atoms. The van der Waals surface area contributed by atoms with Crippen molar-refractivity contribution in [2.75, 3.05) is 10.6 Å². The van der Waals surface area contributed by atoms with E-state index in [1.807, 2.05) is 36.4 Å². The van der Waals surface area contributed by atoms with E-state index in [0.717, 1.165) is 37.8 Å². The zero-order chi connectivity index (χ0) is 24.6. The van der Waals surface area contributed by atoms with Crippen LogP contribution in [-0.4, -0.2) is 15.9 Å². The molecule has 2 N–H and O–H groups in total. The second-order valence-electron chi connectivity index (χ2n) is 11.1. The number of anilines is 3. The van der Waals surface area contributed by atoms with Crippen LogP contribution in [0.5, 0.6) is 0 Å². The van der Waals surface area contributed by atoms with Crippen LogP contribution in [-0.2, 0) is 16.6 Å². The average molecular weight is 469 g/mol. The van der Waals surface area contributed by atoms with Crippen molar-refractivity contribution in [3.8, 4) is 0 Å². The molecule has 0 saturated heterocycles. The predicted molar refractivity (Wildman–Crippen MR) is 142 cm³/mol. The number of hydrogen-bond acceptors (Lipinski definition) is 4. The van der Waals surface area contributed by atoms with Crippen LogP contribution in [0.25, 0.3) is 0 Å². The molecule has 182 valence electrons. The summed E-state index contributed by atoms with van der Waals surface area (Å²) < 4.78 is 0. The number of para-hydroxylation sites is 1. The monoisotopic (exact) mass is 468 g/mol. The lowest BCUT2D eigenvalue weighted by Crippen LogP contribution is -2.54. The van der Waals surface area contributed by atoms with Crippen molar-refractivity contribution in [2.24, 2.45) is 11.3 Å². The average Bonchev–Trinajstić information content (AvgIpc) is 2.84. The fraction of sp³-hybridized carbons (Fsp3) is 0.433. The van der Waals surface area contributed by atoms with Gasteiger partial charge in [-0.2, -0.15) is 4.98 Å². The Morgan fingerprint density at radius 2 is 1.86 bits per heavy atom. The second kappa shape index (κ2) is 9.10. The van der Waals surface area contributed by atoms with E-state index in [2.05, 4.69) is 66.5 Å². The number of aryl methyl sites for hydroxylation is 1. The summed E-state index contributed by atoms with van der Waals surface area (Å²) >= 11 is 0. The number of nitrogens with zero attached hydrogens (tertiary/aromatic N) is 2. The van der Waals surface area contributed by atoms with Crippen LogP contribution in [0, 0.1) is 11.3 Å². The summed E-state index contributed by atoms with van der Waals surface area (Å²) in [5.41, 5.74) is 4.81. The van der Waals surface area contributed by atoms with E-state index in [4.69, 9.17) is 0 Å². The summed E-state index contributed by atoms with van der Waals surface area (Å²) in [6.07, 6.45) is 6.81. The number of benzene rings is 2. The van der Waals surface area contributed by atoms with Gasteiger partial charge in [-0.15, -0.1) is 0 Å². The largest absolute Gasteiger partial charge is 0.340 e. The third-order valence-electron chi connectivity index (χ3n) is 8.49. The molecule has 5 heteroatoms. The number of hydrogen-bond donors (Lipinski definition) is 2. The van der Waals surface area contributed by atoms with Gasteiger partial charge in [0, 0.05) is 11.9 Å². The molecular weight excluding hydrogens is 432 g/mol. The standard InChI is InChI=1S/C30H36N4O/c1-20(2)21-11-13-24-22(19-21)12-14-25-29(24,3)16-8-17-30(25,4)27(35)34-28-31-18-15-26(33-28)32-23-9-6-5-7-10-23/h5-7,9-11,13,15,18-20,25H,8,12,14,16-17H2,1-4H3,(H2,31,32,33,34,35)/t25-,29-,30-/m1/s1. The van der Waals surface area contributed by atoms with Crippen molar-refractivity contribution < 1.29 is 4.79 Å². The van der Waals surface area contributed by atoms with Crippen molar-refractivity contribution in [3.05, 3.63) is 77.5 Å². The van der Waals surface area contributed by atoms with Gasteiger partial charge in [0.25, 0.3) is 0 Å². The lowest BCUT2D eigenvalue weighted by Gasteiger charge is -2.54. The minimum absolute atomic E-state index is 0.00496. The van der Waals surface area contributed by atoms with Crippen LogP contribution >= 0.6 is 0 Å². The predicted octanol–water partition coefficient (Wildman–Crippen LogP) is 6.99. The Labute approximate surface area is 208 Å². The summed E-state index contributed by atoms with van der Waals surface area (Å²) in [4.78, 5) is 22.7. The molecule has 1 fully saturated rings. The van der Waals surface area contributed by atoms with Crippen LogP contribution in [0.3, 0.4) is 0 Å². The maximum Gasteiger partial charge on any atom is 0.232 e. The van der Waals surface area contributed by atoms with E-state index >= 15 is 0 Å². The van der Waals surface area contributed by atoms with Crippen molar-refractivity contribution in [2.45, 2.75) is 71.1 Å². The van der Waals surface area contributed by atoms with Crippen LogP contribution in [0.4, 0.5) is 17.5 Å². The lowest BCUT2D eigenvalue weighted by molar-refractivity contribution is -0.133. The van der Waals surface area contributed by atoms with Gasteiger partial charge in [0.05, 0.1) is 5.41 Å². The van der Waals surface area contributed by atoms with E-state index < -0.39 is 5.41 Å². The molecule has 1 heterocycles. The van der Waals surface area contributed by atoms with Gasteiger partial charge in [-0.25, -0.2) is 4.98 Å². The fourth-order valence-corrected chi connectivity index (χ4v) is 6.54. The molecule has 3 atom stereocenters. The van der Waals surface area contributed by atoms with Crippen molar-refractivity contribution in [3.63, 3.8) is 0 Å². The molecule has 5 rings (SSSR count). The molecule has 2 aromatic carbocycles. The molecule has 0 aliphatic heterocycles. The first kappa shape index (κ1) is 23.5. The van der Waals surface area contributed by atoms with E-state index in [9.17, 15) is 4.79 Å². The van der Waals surface area contributed by atoms with Crippen molar-refractivity contribution in [1.29, 1.82) is 0 Å². The normalized spacial score (nSPS) is 25.5. The Kier molecular flexibility index (Phi) is 6.12. The Bertz CT molecular complexity index is 1220. The first-order valence-electron chi connectivity index (χ1n) is 12.9. The number of fused-ring (bicyclic) bond motifs is 3. The van der Waals surface area contributed by atoms with Gasteiger partial charge in [-0.1, -0.05) is 70.5 Å². The van der Waals surface area contributed by atoms with Gasteiger partial charge in [0.2, 0.25) is 11.9 Å². The van der Waals surface area contributed by atoms with E-state index in [1.165, 1.54) is 16.7 Å². The lowest BCUT2D eigenvalue weighted by atomic mass is 9.49.